The van der Waals surface area contributed by atoms with Crippen LogP contribution in [0.3, 0.4) is 0 Å². The summed E-state index contributed by atoms with van der Waals surface area (Å²) in [5.74, 6) is -1.07. The molecule has 1 aromatic carbocycles. The van der Waals surface area contributed by atoms with Crippen LogP contribution in [0.4, 0.5) is 13.2 Å². The van der Waals surface area contributed by atoms with Gasteiger partial charge in [0.2, 0.25) is 0 Å². The fraction of sp³-hybridized carbons (Fsp3) is 0.400. The topological polar surface area (TPSA) is 43.4 Å². The van der Waals surface area contributed by atoms with Crippen molar-refractivity contribution in [2.24, 2.45) is 0 Å². The summed E-state index contributed by atoms with van der Waals surface area (Å²) in [6.07, 6.45) is -4.83. The first-order valence-electron chi connectivity index (χ1n) is 4.77. The molecular formula is C10H11F3O3S. The second-order valence-corrected chi connectivity index (χ2v) is 5.69. The van der Waals surface area contributed by atoms with Crippen molar-refractivity contribution in [1.29, 1.82) is 0 Å². The maximum absolute atomic E-state index is 12.1. The highest BCUT2D eigenvalue weighted by atomic mass is 32.2. The SMILES string of the molecule is CCS(=O)(=O)Cc1ccccc1OC(F)(F)F. The van der Waals surface area contributed by atoms with Crippen LogP contribution in [0.25, 0.3) is 0 Å². The van der Waals surface area contributed by atoms with Crippen LogP contribution in [0.5, 0.6) is 5.75 Å². The molecule has 3 nitrogen and oxygen atoms in total. The number of ether oxygens (including phenoxy) is 1. The number of hydrogen-bond donors (Lipinski definition) is 0. The molecule has 0 fully saturated rings. The molecule has 0 aliphatic carbocycles. The van der Waals surface area contributed by atoms with Gasteiger partial charge in [-0.15, -0.1) is 13.2 Å². The van der Waals surface area contributed by atoms with E-state index in [1.54, 1.807) is 0 Å². The van der Waals surface area contributed by atoms with Gasteiger partial charge in [0.25, 0.3) is 0 Å². The Labute approximate surface area is 97.1 Å². The summed E-state index contributed by atoms with van der Waals surface area (Å²) < 4.78 is 62.7. The van der Waals surface area contributed by atoms with E-state index in [1.807, 2.05) is 0 Å². The van der Waals surface area contributed by atoms with Crippen LogP contribution in [-0.2, 0) is 15.6 Å². The first-order valence-corrected chi connectivity index (χ1v) is 6.60. The third-order valence-electron chi connectivity index (χ3n) is 2.01. The van der Waals surface area contributed by atoms with Crippen molar-refractivity contribution < 1.29 is 26.3 Å². The first kappa shape index (κ1) is 13.8. The third-order valence-corrected chi connectivity index (χ3v) is 3.64. The quantitative estimate of drug-likeness (QED) is 0.842. The summed E-state index contributed by atoms with van der Waals surface area (Å²) in [6.45, 7) is 1.43. The van der Waals surface area contributed by atoms with Crippen LogP contribution >= 0.6 is 0 Å². The van der Waals surface area contributed by atoms with Crippen LogP contribution in [0.2, 0.25) is 0 Å². The molecular weight excluding hydrogens is 257 g/mol. The van der Waals surface area contributed by atoms with Crippen molar-refractivity contribution in [2.45, 2.75) is 19.0 Å². The molecule has 17 heavy (non-hydrogen) atoms. The number of hydrogen-bond acceptors (Lipinski definition) is 3. The minimum atomic E-state index is -4.83. The van der Waals surface area contributed by atoms with E-state index in [1.165, 1.54) is 25.1 Å². The molecule has 0 heterocycles. The number of rotatable bonds is 4. The smallest absolute Gasteiger partial charge is 0.405 e. The molecule has 0 atom stereocenters. The van der Waals surface area contributed by atoms with Gasteiger partial charge in [-0.2, -0.15) is 0 Å². The standard InChI is InChI=1S/C10H11F3O3S/c1-2-17(14,15)7-8-5-3-4-6-9(8)16-10(11,12)13/h3-6H,2,7H2,1H3. The van der Waals surface area contributed by atoms with Gasteiger partial charge in [-0.05, 0) is 6.07 Å². The molecule has 0 bridgehead atoms. The molecule has 0 saturated heterocycles. The minimum Gasteiger partial charge on any atom is -0.405 e. The second kappa shape index (κ2) is 4.95. The summed E-state index contributed by atoms with van der Waals surface area (Å²) in [4.78, 5) is 0. The molecule has 0 amide bonds. The van der Waals surface area contributed by atoms with Gasteiger partial charge < -0.3 is 4.74 Å². The molecule has 1 rings (SSSR count). The molecule has 0 aromatic heterocycles. The van der Waals surface area contributed by atoms with E-state index in [4.69, 9.17) is 0 Å². The normalized spacial score (nSPS) is 12.5. The average molecular weight is 268 g/mol. The molecule has 0 aliphatic heterocycles. The summed E-state index contributed by atoms with van der Waals surface area (Å²) in [7, 11) is -3.40. The molecule has 7 heteroatoms. The van der Waals surface area contributed by atoms with Gasteiger partial charge in [0.15, 0.2) is 9.84 Å². The van der Waals surface area contributed by atoms with Crippen molar-refractivity contribution in [1.82, 2.24) is 0 Å². The lowest BCUT2D eigenvalue weighted by Gasteiger charge is -2.12. The molecule has 0 spiro atoms. The largest absolute Gasteiger partial charge is 0.573 e. The first-order chi connectivity index (χ1) is 7.73. The summed E-state index contributed by atoms with van der Waals surface area (Å²) in [5.41, 5.74) is 0.00618. The summed E-state index contributed by atoms with van der Waals surface area (Å²) >= 11 is 0. The van der Waals surface area contributed by atoms with Gasteiger partial charge >= 0.3 is 6.36 Å². The van der Waals surface area contributed by atoms with E-state index >= 15 is 0 Å². The highest BCUT2D eigenvalue weighted by Gasteiger charge is 2.32. The molecule has 0 saturated carbocycles. The van der Waals surface area contributed by atoms with Crippen LogP contribution < -0.4 is 4.74 Å². The van der Waals surface area contributed by atoms with Gasteiger partial charge in [-0.1, -0.05) is 25.1 Å². The number of halogens is 3. The monoisotopic (exact) mass is 268 g/mol. The molecule has 0 radical (unpaired) electrons. The second-order valence-electron chi connectivity index (χ2n) is 3.33. The highest BCUT2D eigenvalue weighted by molar-refractivity contribution is 7.90. The fourth-order valence-electron chi connectivity index (χ4n) is 1.19. The van der Waals surface area contributed by atoms with E-state index in [-0.39, 0.29) is 11.3 Å². The molecule has 1 aromatic rings. The number of alkyl halides is 3. The Morgan fingerprint density at radius 2 is 1.82 bits per heavy atom. The lowest BCUT2D eigenvalue weighted by atomic mass is 10.2. The lowest BCUT2D eigenvalue weighted by Crippen LogP contribution is -2.19. The zero-order valence-corrected chi connectivity index (χ0v) is 9.81. The maximum Gasteiger partial charge on any atom is 0.573 e. The maximum atomic E-state index is 12.1. The van der Waals surface area contributed by atoms with Crippen LogP contribution in [0.15, 0.2) is 24.3 Å². The molecule has 0 unspecified atom stereocenters. The van der Waals surface area contributed by atoms with E-state index < -0.39 is 27.7 Å². The Morgan fingerprint density at radius 3 is 2.35 bits per heavy atom. The Balaban J connectivity index is 3.01. The summed E-state index contributed by atoms with van der Waals surface area (Å²) in [6, 6.07) is 5.20. The van der Waals surface area contributed by atoms with Gasteiger partial charge in [-0.25, -0.2) is 8.42 Å². The predicted molar refractivity (Wildman–Crippen MR) is 56.3 cm³/mol. The van der Waals surface area contributed by atoms with E-state index in [0.717, 1.165) is 6.07 Å². The van der Waals surface area contributed by atoms with E-state index in [0.29, 0.717) is 0 Å². The minimum absolute atomic E-state index is 0.00618. The highest BCUT2D eigenvalue weighted by Crippen LogP contribution is 2.27. The van der Waals surface area contributed by atoms with Gasteiger partial charge in [0.1, 0.15) is 5.75 Å². The Kier molecular flexibility index (Phi) is 4.03. The third kappa shape index (κ3) is 4.64. The zero-order chi connectivity index (χ0) is 13.1. The predicted octanol–water partition coefficient (Wildman–Crippen LogP) is 2.52. The number of para-hydroxylation sites is 1. The number of benzene rings is 1. The van der Waals surface area contributed by atoms with E-state index in [2.05, 4.69) is 4.74 Å². The van der Waals surface area contributed by atoms with Crippen molar-refractivity contribution in [3.63, 3.8) is 0 Å². The number of sulfone groups is 1. The van der Waals surface area contributed by atoms with Crippen molar-refractivity contribution in [3.8, 4) is 5.75 Å². The Bertz CT molecular complexity index is 480. The molecule has 0 aliphatic rings. The van der Waals surface area contributed by atoms with Crippen LogP contribution in [0, 0.1) is 0 Å². The van der Waals surface area contributed by atoms with Gasteiger partial charge in [-0.3, -0.25) is 0 Å². The fourth-order valence-corrected chi connectivity index (χ4v) is 2.10. The van der Waals surface area contributed by atoms with Crippen molar-refractivity contribution in [2.75, 3.05) is 5.75 Å². The van der Waals surface area contributed by atoms with Gasteiger partial charge in [0, 0.05) is 11.3 Å². The average Bonchev–Trinajstić information content (AvgIpc) is 2.19. The van der Waals surface area contributed by atoms with Crippen LogP contribution in [-0.4, -0.2) is 20.5 Å². The molecule has 0 N–H and O–H groups in total. The Hall–Kier alpha value is -1.24. The summed E-state index contributed by atoms with van der Waals surface area (Å²) in [5, 5.41) is 0. The van der Waals surface area contributed by atoms with E-state index in [9.17, 15) is 21.6 Å². The van der Waals surface area contributed by atoms with Crippen molar-refractivity contribution >= 4 is 9.84 Å². The van der Waals surface area contributed by atoms with Gasteiger partial charge in [0.05, 0.1) is 5.75 Å². The lowest BCUT2D eigenvalue weighted by molar-refractivity contribution is -0.274. The van der Waals surface area contributed by atoms with Crippen molar-refractivity contribution in [3.05, 3.63) is 29.8 Å². The Morgan fingerprint density at radius 1 is 1.24 bits per heavy atom. The zero-order valence-electron chi connectivity index (χ0n) is 8.99. The molecule has 96 valence electrons. The van der Waals surface area contributed by atoms with Crippen LogP contribution in [0.1, 0.15) is 12.5 Å².